The summed E-state index contributed by atoms with van der Waals surface area (Å²) in [5.74, 6) is 0.0687. The zero-order chi connectivity index (χ0) is 15.5. The molecule has 2 fully saturated rings. The molecule has 22 heavy (non-hydrogen) atoms. The Morgan fingerprint density at radius 1 is 1.41 bits per heavy atom. The molecule has 3 atom stereocenters. The van der Waals surface area contributed by atoms with Crippen molar-refractivity contribution in [3.8, 4) is 0 Å². The van der Waals surface area contributed by atoms with E-state index < -0.39 is 0 Å². The Morgan fingerprint density at radius 3 is 3.00 bits per heavy atom. The van der Waals surface area contributed by atoms with Gasteiger partial charge in [-0.1, -0.05) is 28.1 Å². The molecule has 0 aliphatic carbocycles. The van der Waals surface area contributed by atoms with Crippen molar-refractivity contribution in [1.82, 2.24) is 4.90 Å². The summed E-state index contributed by atoms with van der Waals surface area (Å²) in [6.07, 6.45) is 1.24. The van der Waals surface area contributed by atoms with Gasteiger partial charge in [0, 0.05) is 17.6 Å². The van der Waals surface area contributed by atoms with Crippen molar-refractivity contribution in [3.05, 3.63) is 34.3 Å². The van der Waals surface area contributed by atoms with Crippen molar-refractivity contribution in [3.63, 3.8) is 0 Å². The average molecular weight is 369 g/mol. The Balaban J connectivity index is 1.64. The molecule has 1 amide bonds. The topological polar surface area (TPSA) is 64.8 Å². The molecule has 1 unspecified atom stereocenters. The normalized spacial score (nSPS) is 28.8. The molecule has 2 heterocycles. The SMILES string of the molecule is NC[C@H]1CC[C@@H](C(=O)N2CCOC(c3cccc(Br)c3)C2)O1. The maximum Gasteiger partial charge on any atom is 0.251 e. The Morgan fingerprint density at radius 2 is 2.27 bits per heavy atom. The fourth-order valence-electron chi connectivity index (χ4n) is 3.02. The highest BCUT2D eigenvalue weighted by Gasteiger charge is 2.35. The van der Waals surface area contributed by atoms with E-state index in [4.69, 9.17) is 15.2 Å². The van der Waals surface area contributed by atoms with Gasteiger partial charge in [-0.3, -0.25) is 4.79 Å². The van der Waals surface area contributed by atoms with E-state index in [-0.39, 0.29) is 24.2 Å². The molecule has 3 rings (SSSR count). The first-order valence-electron chi connectivity index (χ1n) is 7.68. The number of hydrogen-bond donors (Lipinski definition) is 1. The van der Waals surface area contributed by atoms with Gasteiger partial charge in [-0.2, -0.15) is 0 Å². The summed E-state index contributed by atoms with van der Waals surface area (Å²) in [7, 11) is 0. The number of nitrogens with two attached hydrogens (primary N) is 1. The minimum absolute atomic E-state index is 0.0240. The first kappa shape index (κ1) is 15.9. The molecule has 2 N–H and O–H groups in total. The second-order valence-corrected chi connectivity index (χ2v) is 6.67. The molecule has 120 valence electrons. The number of nitrogens with zero attached hydrogens (tertiary/aromatic N) is 1. The molecule has 2 saturated heterocycles. The second kappa shape index (κ2) is 7.08. The molecule has 6 heteroatoms. The third-order valence-electron chi connectivity index (χ3n) is 4.24. The Labute approximate surface area is 138 Å². The van der Waals surface area contributed by atoms with Crippen molar-refractivity contribution in [2.24, 2.45) is 5.73 Å². The molecule has 2 aliphatic rings. The molecule has 2 aliphatic heterocycles. The van der Waals surface area contributed by atoms with E-state index in [2.05, 4.69) is 15.9 Å². The van der Waals surface area contributed by atoms with Crippen LogP contribution in [0.1, 0.15) is 24.5 Å². The van der Waals surface area contributed by atoms with Crippen molar-refractivity contribution < 1.29 is 14.3 Å². The molecular formula is C16H21BrN2O3. The van der Waals surface area contributed by atoms with Crippen LogP contribution in [0, 0.1) is 0 Å². The van der Waals surface area contributed by atoms with Crippen LogP contribution in [0.15, 0.2) is 28.7 Å². The third-order valence-corrected chi connectivity index (χ3v) is 4.74. The van der Waals surface area contributed by atoms with Gasteiger partial charge in [0.15, 0.2) is 0 Å². The van der Waals surface area contributed by atoms with Gasteiger partial charge in [0.2, 0.25) is 0 Å². The molecule has 0 saturated carbocycles. The summed E-state index contributed by atoms with van der Waals surface area (Å²) in [4.78, 5) is 14.5. The van der Waals surface area contributed by atoms with Crippen LogP contribution in [0.5, 0.6) is 0 Å². The van der Waals surface area contributed by atoms with Gasteiger partial charge < -0.3 is 20.1 Å². The lowest BCUT2D eigenvalue weighted by Crippen LogP contribution is -2.46. The number of carbonyl (C=O) groups is 1. The van der Waals surface area contributed by atoms with Crippen molar-refractivity contribution >= 4 is 21.8 Å². The summed E-state index contributed by atoms with van der Waals surface area (Å²) >= 11 is 3.47. The Hall–Kier alpha value is -0.950. The van der Waals surface area contributed by atoms with E-state index in [9.17, 15) is 4.79 Å². The first-order valence-corrected chi connectivity index (χ1v) is 8.48. The number of morpholine rings is 1. The monoisotopic (exact) mass is 368 g/mol. The van der Waals surface area contributed by atoms with Crippen molar-refractivity contribution in [2.45, 2.75) is 31.2 Å². The minimum atomic E-state index is -0.338. The maximum atomic E-state index is 12.6. The summed E-state index contributed by atoms with van der Waals surface area (Å²) in [5.41, 5.74) is 6.69. The third kappa shape index (κ3) is 3.51. The Kier molecular flexibility index (Phi) is 5.13. The molecule has 1 aromatic carbocycles. The van der Waals surface area contributed by atoms with Crippen LogP contribution in [0.4, 0.5) is 0 Å². The highest BCUT2D eigenvalue weighted by molar-refractivity contribution is 9.10. The van der Waals surface area contributed by atoms with Crippen molar-refractivity contribution in [2.75, 3.05) is 26.2 Å². The van der Waals surface area contributed by atoms with Crippen LogP contribution >= 0.6 is 15.9 Å². The summed E-state index contributed by atoms with van der Waals surface area (Å²) < 4.78 is 12.6. The summed E-state index contributed by atoms with van der Waals surface area (Å²) in [6.45, 7) is 2.22. The predicted octanol–water partition coefficient (Wildman–Crippen LogP) is 1.86. The molecular weight excluding hydrogens is 348 g/mol. The van der Waals surface area contributed by atoms with E-state index in [1.54, 1.807) is 0 Å². The van der Waals surface area contributed by atoms with E-state index in [0.29, 0.717) is 26.2 Å². The molecule has 0 aromatic heterocycles. The molecule has 0 bridgehead atoms. The standard InChI is InChI=1S/C16H21BrN2O3/c17-12-3-1-2-11(8-12)15-10-19(6-7-21-15)16(20)14-5-4-13(9-18)22-14/h1-3,8,13-15H,4-7,9-10,18H2/t13-,14+,15?/m1/s1. The Bertz CT molecular complexity index is 540. The number of benzene rings is 1. The van der Waals surface area contributed by atoms with Crippen LogP contribution in [0.2, 0.25) is 0 Å². The van der Waals surface area contributed by atoms with E-state index in [1.165, 1.54) is 0 Å². The number of carbonyl (C=O) groups excluding carboxylic acids is 1. The smallest absolute Gasteiger partial charge is 0.251 e. The quantitative estimate of drug-likeness (QED) is 0.884. The van der Waals surface area contributed by atoms with Crippen LogP contribution < -0.4 is 5.73 Å². The van der Waals surface area contributed by atoms with Crippen LogP contribution in [-0.2, 0) is 14.3 Å². The summed E-state index contributed by atoms with van der Waals surface area (Å²) in [6, 6.07) is 8.03. The second-order valence-electron chi connectivity index (χ2n) is 5.76. The number of hydrogen-bond acceptors (Lipinski definition) is 4. The number of amides is 1. The predicted molar refractivity (Wildman–Crippen MR) is 86.4 cm³/mol. The number of rotatable bonds is 3. The largest absolute Gasteiger partial charge is 0.370 e. The summed E-state index contributed by atoms with van der Waals surface area (Å²) in [5, 5.41) is 0. The van der Waals surface area contributed by atoms with Gasteiger partial charge in [-0.15, -0.1) is 0 Å². The van der Waals surface area contributed by atoms with Crippen LogP contribution in [0.3, 0.4) is 0 Å². The average Bonchev–Trinajstić information content (AvgIpc) is 3.03. The molecule has 5 nitrogen and oxygen atoms in total. The fourth-order valence-corrected chi connectivity index (χ4v) is 3.44. The zero-order valence-electron chi connectivity index (χ0n) is 12.4. The molecule has 0 spiro atoms. The highest BCUT2D eigenvalue weighted by atomic mass is 79.9. The van der Waals surface area contributed by atoms with Gasteiger partial charge in [0.25, 0.3) is 5.91 Å². The van der Waals surface area contributed by atoms with Gasteiger partial charge in [0.1, 0.15) is 12.2 Å². The first-order chi connectivity index (χ1) is 10.7. The maximum absolute atomic E-state index is 12.6. The van der Waals surface area contributed by atoms with E-state index >= 15 is 0 Å². The zero-order valence-corrected chi connectivity index (χ0v) is 14.0. The van der Waals surface area contributed by atoms with Crippen molar-refractivity contribution in [1.29, 1.82) is 0 Å². The van der Waals surface area contributed by atoms with Crippen LogP contribution in [0.25, 0.3) is 0 Å². The van der Waals surface area contributed by atoms with Gasteiger partial charge >= 0.3 is 0 Å². The van der Waals surface area contributed by atoms with Crippen LogP contribution in [-0.4, -0.2) is 49.3 Å². The lowest BCUT2D eigenvalue weighted by molar-refractivity contribution is -0.150. The minimum Gasteiger partial charge on any atom is -0.370 e. The fraction of sp³-hybridized carbons (Fsp3) is 0.562. The van der Waals surface area contributed by atoms with Gasteiger partial charge in [-0.05, 0) is 30.5 Å². The molecule has 0 radical (unpaired) electrons. The lowest BCUT2D eigenvalue weighted by Gasteiger charge is -2.34. The van der Waals surface area contributed by atoms with Gasteiger partial charge in [-0.25, -0.2) is 0 Å². The number of ether oxygens (including phenoxy) is 2. The number of halogens is 1. The highest BCUT2D eigenvalue weighted by Crippen LogP contribution is 2.27. The lowest BCUT2D eigenvalue weighted by atomic mass is 10.1. The van der Waals surface area contributed by atoms with E-state index in [1.807, 2.05) is 29.2 Å². The van der Waals surface area contributed by atoms with E-state index in [0.717, 1.165) is 22.9 Å². The van der Waals surface area contributed by atoms with Gasteiger partial charge in [0.05, 0.1) is 19.3 Å². The molecule has 1 aromatic rings.